The molecular weight excluding hydrogens is 376 g/mol. The highest BCUT2D eigenvalue weighted by Crippen LogP contribution is 2.42. The third kappa shape index (κ3) is 3.07. The summed E-state index contributed by atoms with van der Waals surface area (Å²) in [6.07, 6.45) is 2.40. The summed E-state index contributed by atoms with van der Waals surface area (Å²) in [4.78, 5) is 32.9. The molecule has 0 bridgehead atoms. The van der Waals surface area contributed by atoms with Crippen LogP contribution < -0.4 is 10.2 Å². The summed E-state index contributed by atoms with van der Waals surface area (Å²) in [7, 11) is 0. The lowest BCUT2D eigenvalue weighted by Crippen LogP contribution is -2.48. The third-order valence-corrected chi connectivity index (χ3v) is 6.16. The van der Waals surface area contributed by atoms with E-state index in [-0.39, 0.29) is 11.8 Å². The molecule has 0 unspecified atom stereocenters. The van der Waals surface area contributed by atoms with Gasteiger partial charge in [0, 0.05) is 6.54 Å². The Morgan fingerprint density at radius 1 is 1.07 bits per heavy atom. The second-order valence-electron chi connectivity index (χ2n) is 8.80. The van der Waals surface area contributed by atoms with Gasteiger partial charge in [-0.1, -0.05) is 38.1 Å². The topological polar surface area (TPSA) is 67.2 Å². The number of nitrogens with one attached hydrogen (secondary N) is 1. The fraction of sp³-hybridized carbons (Fsp3) is 0.375. The Morgan fingerprint density at radius 3 is 2.57 bits per heavy atom. The number of rotatable bonds is 5. The second-order valence-corrected chi connectivity index (χ2v) is 8.80. The molecule has 6 heteroatoms. The fourth-order valence-electron chi connectivity index (χ4n) is 4.25. The zero-order valence-corrected chi connectivity index (χ0v) is 17.4. The Bertz CT molecular complexity index is 1140. The Balaban J connectivity index is 1.59. The zero-order chi connectivity index (χ0) is 20.9. The van der Waals surface area contributed by atoms with Gasteiger partial charge in [0.1, 0.15) is 11.4 Å². The van der Waals surface area contributed by atoms with Crippen molar-refractivity contribution in [2.24, 2.45) is 5.92 Å². The van der Waals surface area contributed by atoms with E-state index < -0.39 is 5.54 Å². The van der Waals surface area contributed by atoms with Crippen LogP contribution in [0.25, 0.3) is 11.0 Å². The lowest BCUT2D eigenvalue weighted by atomic mass is 10.1. The molecule has 1 aliphatic heterocycles. The maximum absolute atomic E-state index is 13.5. The molecular formula is C24H26N4O2. The predicted octanol–water partition coefficient (Wildman–Crippen LogP) is 3.89. The lowest BCUT2D eigenvalue weighted by molar-refractivity contribution is -0.121. The van der Waals surface area contributed by atoms with Gasteiger partial charge in [-0.15, -0.1) is 0 Å². The van der Waals surface area contributed by atoms with E-state index in [1.165, 1.54) is 0 Å². The van der Waals surface area contributed by atoms with Gasteiger partial charge in [-0.3, -0.25) is 9.59 Å². The Kier molecular flexibility index (Phi) is 4.38. The highest BCUT2D eigenvalue weighted by molar-refractivity contribution is 6.13. The molecule has 154 valence electrons. The number of aromatic nitrogens is 2. The van der Waals surface area contributed by atoms with Crippen molar-refractivity contribution in [3.63, 3.8) is 0 Å². The van der Waals surface area contributed by atoms with Crippen LogP contribution in [0.2, 0.25) is 0 Å². The second kappa shape index (κ2) is 6.97. The average Bonchev–Trinajstić information content (AvgIpc) is 3.44. The van der Waals surface area contributed by atoms with E-state index in [0.29, 0.717) is 36.6 Å². The normalized spacial score (nSPS) is 17.4. The smallest absolute Gasteiger partial charge is 0.254 e. The van der Waals surface area contributed by atoms with Gasteiger partial charge in [0.15, 0.2) is 0 Å². The van der Waals surface area contributed by atoms with Gasteiger partial charge in [-0.2, -0.15) is 0 Å². The summed E-state index contributed by atoms with van der Waals surface area (Å²) in [6, 6.07) is 15.5. The van der Waals surface area contributed by atoms with E-state index in [4.69, 9.17) is 4.98 Å². The van der Waals surface area contributed by atoms with Gasteiger partial charge in [0.25, 0.3) is 11.8 Å². The minimum atomic E-state index is -0.759. The number of para-hydroxylation sites is 3. The van der Waals surface area contributed by atoms with Crippen molar-refractivity contribution in [3.8, 4) is 0 Å². The minimum Gasteiger partial charge on any atom is -0.338 e. The number of nitrogens with zero attached hydrogens (tertiary/aromatic N) is 3. The maximum Gasteiger partial charge on any atom is 0.254 e. The number of hydrogen-bond acceptors (Lipinski definition) is 3. The number of anilines is 1. The van der Waals surface area contributed by atoms with E-state index >= 15 is 0 Å². The summed E-state index contributed by atoms with van der Waals surface area (Å²) in [5.74, 6) is 1.21. The summed E-state index contributed by atoms with van der Waals surface area (Å²) in [6.45, 7) is 5.61. The van der Waals surface area contributed by atoms with Crippen molar-refractivity contribution in [1.29, 1.82) is 0 Å². The van der Waals surface area contributed by atoms with Crippen molar-refractivity contribution in [1.82, 2.24) is 14.9 Å². The molecule has 1 aliphatic carbocycles. The Hall–Kier alpha value is -3.15. The van der Waals surface area contributed by atoms with Crippen molar-refractivity contribution in [3.05, 3.63) is 59.9 Å². The number of benzene rings is 2. The van der Waals surface area contributed by atoms with E-state index in [1.807, 2.05) is 36.4 Å². The number of carbonyl (C=O) groups excluding carboxylic acids is 2. The van der Waals surface area contributed by atoms with Gasteiger partial charge >= 0.3 is 0 Å². The average molecular weight is 402 g/mol. The van der Waals surface area contributed by atoms with Crippen LogP contribution in [0.4, 0.5) is 5.69 Å². The molecule has 1 fully saturated rings. The molecule has 2 aliphatic rings. The molecule has 2 amide bonds. The molecule has 5 rings (SSSR count). The quantitative estimate of drug-likeness (QED) is 0.704. The lowest BCUT2D eigenvalue weighted by Gasteiger charge is -2.25. The molecule has 30 heavy (non-hydrogen) atoms. The summed E-state index contributed by atoms with van der Waals surface area (Å²) < 4.78 is 2.23. The maximum atomic E-state index is 13.5. The molecule has 1 N–H and O–H groups in total. The van der Waals surface area contributed by atoms with Crippen molar-refractivity contribution in [2.75, 3.05) is 4.90 Å². The van der Waals surface area contributed by atoms with E-state index in [2.05, 4.69) is 29.8 Å². The van der Waals surface area contributed by atoms with Crippen molar-refractivity contribution >= 4 is 28.5 Å². The molecule has 1 aromatic heterocycles. The highest BCUT2D eigenvalue weighted by atomic mass is 16.2. The number of hydrogen-bond donors (Lipinski definition) is 1. The van der Waals surface area contributed by atoms with Crippen LogP contribution in [-0.4, -0.2) is 26.9 Å². The number of imidazole rings is 1. The first kappa shape index (κ1) is 18.9. The van der Waals surface area contributed by atoms with Crippen LogP contribution in [0.5, 0.6) is 0 Å². The predicted molar refractivity (Wildman–Crippen MR) is 116 cm³/mol. The molecule has 1 saturated carbocycles. The van der Waals surface area contributed by atoms with Gasteiger partial charge in [0.05, 0.1) is 28.8 Å². The van der Waals surface area contributed by atoms with Gasteiger partial charge in [0.2, 0.25) is 0 Å². The first-order valence-corrected chi connectivity index (χ1v) is 10.7. The first-order chi connectivity index (χ1) is 14.5. The first-order valence-electron chi connectivity index (χ1n) is 10.7. The molecule has 1 spiro atoms. The van der Waals surface area contributed by atoms with E-state index in [0.717, 1.165) is 29.8 Å². The molecule has 0 atom stereocenters. The van der Waals surface area contributed by atoms with E-state index in [9.17, 15) is 9.59 Å². The van der Waals surface area contributed by atoms with Gasteiger partial charge < -0.3 is 14.8 Å². The minimum absolute atomic E-state index is 0.0386. The molecule has 2 heterocycles. The molecule has 0 radical (unpaired) electrons. The SMILES string of the molecule is CC(C)CCn1c(CN2C(=O)C3(CC3)NC(=O)c3ccccc32)nc2ccccc21. The highest BCUT2D eigenvalue weighted by Gasteiger charge is 2.55. The molecule has 2 aromatic carbocycles. The van der Waals surface area contributed by atoms with Crippen LogP contribution in [0.3, 0.4) is 0 Å². The largest absolute Gasteiger partial charge is 0.338 e. The summed E-state index contributed by atoms with van der Waals surface area (Å²) in [5, 5.41) is 2.97. The Morgan fingerprint density at radius 2 is 1.80 bits per heavy atom. The van der Waals surface area contributed by atoms with Crippen LogP contribution >= 0.6 is 0 Å². The summed E-state index contributed by atoms with van der Waals surface area (Å²) >= 11 is 0. The van der Waals surface area contributed by atoms with Crippen LogP contribution in [-0.2, 0) is 17.9 Å². The van der Waals surface area contributed by atoms with Gasteiger partial charge in [-0.05, 0) is 49.4 Å². The number of carbonyl (C=O) groups is 2. The molecule has 6 nitrogen and oxygen atoms in total. The van der Waals surface area contributed by atoms with Gasteiger partial charge in [-0.25, -0.2) is 4.98 Å². The number of fused-ring (bicyclic) bond motifs is 2. The molecule has 3 aromatic rings. The Labute approximate surface area is 175 Å². The number of aryl methyl sites for hydroxylation is 1. The zero-order valence-electron chi connectivity index (χ0n) is 17.4. The van der Waals surface area contributed by atoms with E-state index in [1.54, 1.807) is 11.0 Å². The monoisotopic (exact) mass is 402 g/mol. The molecule has 0 saturated heterocycles. The van der Waals surface area contributed by atoms with Crippen molar-refractivity contribution < 1.29 is 9.59 Å². The van der Waals surface area contributed by atoms with Crippen molar-refractivity contribution in [2.45, 2.75) is 51.7 Å². The number of amides is 2. The third-order valence-electron chi connectivity index (χ3n) is 6.16. The summed E-state index contributed by atoms with van der Waals surface area (Å²) in [5.41, 5.74) is 2.46. The van der Waals surface area contributed by atoms with Crippen LogP contribution in [0.15, 0.2) is 48.5 Å². The fourth-order valence-corrected chi connectivity index (χ4v) is 4.25. The standard InChI is InChI=1S/C24H26N4O2/c1-16(2)11-14-27-20-10-6-4-8-18(20)25-21(27)15-28-19-9-5-3-7-17(19)22(29)26-24(12-13-24)23(28)30/h3-10,16H,11-15H2,1-2H3,(H,26,29). The van der Waals surface area contributed by atoms with Crippen LogP contribution in [0.1, 0.15) is 49.3 Å². The van der Waals surface area contributed by atoms with Crippen LogP contribution in [0, 0.1) is 5.92 Å².